The molecule has 0 unspecified atom stereocenters. The van der Waals surface area contributed by atoms with Gasteiger partial charge in [0.1, 0.15) is 6.79 Å². The van der Waals surface area contributed by atoms with Crippen LogP contribution in [0.25, 0.3) is 0 Å². The Morgan fingerprint density at radius 1 is 1.00 bits per heavy atom. The monoisotopic (exact) mass is 217 g/mol. The topological polar surface area (TPSA) is 21.7 Å². The third kappa shape index (κ3) is 10.2. The van der Waals surface area contributed by atoms with E-state index in [2.05, 4.69) is 39.6 Å². The molecule has 0 bridgehead atoms. The van der Waals surface area contributed by atoms with Crippen molar-refractivity contribution in [2.45, 2.75) is 40.2 Å². The zero-order valence-corrected chi connectivity index (χ0v) is 11.0. The van der Waals surface area contributed by atoms with Crippen LogP contribution in [0.1, 0.15) is 34.1 Å². The number of hydrogen-bond acceptors (Lipinski definition) is 3. The van der Waals surface area contributed by atoms with Crippen molar-refractivity contribution in [3.05, 3.63) is 0 Å². The molecule has 92 valence electrons. The molecule has 0 fully saturated rings. The van der Waals surface area contributed by atoms with Crippen LogP contribution < -0.4 is 0 Å². The maximum atomic E-state index is 5.37. The van der Waals surface area contributed by atoms with E-state index in [1.54, 1.807) is 0 Å². The van der Waals surface area contributed by atoms with Crippen LogP contribution in [0, 0.1) is 5.92 Å². The lowest BCUT2D eigenvalue weighted by molar-refractivity contribution is -0.0607. The summed E-state index contributed by atoms with van der Waals surface area (Å²) >= 11 is 0. The van der Waals surface area contributed by atoms with E-state index in [0.29, 0.717) is 18.8 Å². The summed E-state index contributed by atoms with van der Waals surface area (Å²) in [5.74, 6) is 0.706. The van der Waals surface area contributed by atoms with E-state index in [4.69, 9.17) is 9.47 Å². The summed E-state index contributed by atoms with van der Waals surface area (Å²) < 4.78 is 10.7. The first-order chi connectivity index (χ1) is 7.04. The second kappa shape index (κ2) is 9.13. The van der Waals surface area contributed by atoms with E-state index in [-0.39, 0.29) is 0 Å². The number of nitrogens with zero attached hydrogens (tertiary/aromatic N) is 1. The van der Waals surface area contributed by atoms with Crippen LogP contribution in [0.4, 0.5) is 0 Å². The molecular formula is C12H27NO2. The molecule has 0 aliphatic heterocycles. The summed E-state index contributed by atoms with van der Waals surface area (Å²) in [7, 11) is 2.10. The maximum absolute atomic E-state index is 5.37. The molecule has 3 heteroatoms. The average molecular weight is 217 g/mol. The van der Waals surface area contributed by atoms with Crippen LogP contribution in [-0.2, 0) is 9.47 Å². The van der Waals surface area contributed by atoms with Crippen molar-refractivity contribution in [1.29, 1.82) is 0 Å². The summed E-state index contributed by atoms with van der Waals surface area (Å²) in [6, 6.07) is 0.579. The van der Waals surface area contributed by atoms with Crippen molar-refractivity contribution in [3.63, 3.8) is 0 Å². The van der Waals surface area contributed by atoms with Gasteiger partial charge in [0, 0.05) is 19.2 Å². The van der Waals surface area contributed by atoms with Crippen LogP contribution in [0.3, 0.4) is 0 Å². The van der Waals surface area contributed by atoms with Gasteiger partial charge in [0.05, 0.1) is 6.61 Å². The lowest BCUT2D eigenvalue weighted by Gasteiger charge is -2.20. The highest BCUT2D eigenvalue weighted by Gasteiger charge is 2.01. The van der Waals surface area contributed by atoms with Gasteiger partial charge < -0.3 is 14.4 Å². The maximum Gasteiger partial charge on any atom is 0.146 e. The van der Waals surface area contributed by atoms with Crippen molar-refractivity contribution >= 4 is 0 Å². The molecule has 0 N–H and O–H groups in total. The van der Waals surface area contributed by atoms with E-state index in [1.807, 2.05) is 0 Å². The zero-order chi connectivity index (χ0) is 11.7. The predicted molar refractivity (Wildman–Crippen MR) is 64.0 cm³/mol. The number of likely N-dealkylation sites (N-methyl/N-ethyl adjacent to an activating group) is 1. The molecular weight excluding hydrogens is 190 g/mol. The van der Waals surface area contributed by atoms with E-state index < -0.39 is 0 Å². The number of ether oxygens (including phenoxy) is 2. The van der Waals surface area contributed by atoms with E-state index >= 15 is 0 Å². The average Bonchev–Trinajstić information content (AvgIpc) is 2.15. The molecule has 0 saturated carbocycles. The van der Waals surface area contributed by atoms with Crippen molar-refractivity contribution in [2.75, 3.05) is 33.6 Å². The molecule has 0 aliphatic carbocycles. The van der Waals surface area contributed by atoms with Crippen LogP contribution >= 0.6 is 0 Å². The highest BCUT2D eigenvalue weighted by molar-refractivity contribution is 4.54. The quantitative estimate of drug-likeness (QED) is 0.437. The molecule has 0 aliphatic rings. The molecule has 0 atom stereocenters. The van der Waals surface area contributed by atoms with Gasteiger partial charge in [0.25, 0.3) is 0 Å². The van der Waals surface area contributed by atoms with Crippen LogP contribution in [0.15, 0.2) is 0 Å². The minimum Gasteiger partial charge on any atom is -0.355 e. The summed E-state index contributed by atoms with van der Waals surface area (Å²) in [4.78, 5) is 2.26. The molecule has 0 radical (unpaired) electrons. The minimum atomic E-state index is 0.429. The Balaban J connectivity index is 3.11. The Labute approximate surface area is 94.7 Å². The number of rotatable bonds is 9. The molecule has 3 nitrogen and oxygen atoms in total. The van der Waals surface area contributed by atoms with E-state index in [9.17, 15) is 0 Å². The van der Waals surface area contributed by atoms with Crippen LogP contribution in [0.5, 0.6) is 0 Å². The Bertz CT molecular complexity index is 138. The molecule has 0 aromatic heterocycles. The second-order valence-electron chi connectivity index (χ2n) is 4.69. The Morgan fingerprint density at radius 2 is 1.60 bits per heavy atom. The third-order valence-corrected chi connectivity index (χ3v) is 2.48. The Morgan fingerprint density at radius 3 is 2.13 bits per heavy atom. The van der Waals surface area contributed by atoms with Gasteiger partial charge in [-0.05, 0) is 33.2 Å². The van der Waals surface area contributed by atoms with Gasteiger partial charge in [-0.3, -0.25) is 0 Å². The SMILES string of the molecule is CC(C)CCOCOCCN(C)C(C)C. The molecule has 0 aromatic carbocycles. The first-order valence-corrected chi connectivity index (χ1v) is 5.89. The van der Waals surface area contributed by atoms with E-state index in [0.717, 1.165) is 26.2 Å². The fraction of sp³-hybridized carbons (Fsp3) is 1.00. The molecule has 0 aromatic rings. The first kappa shape index (κ1) is 14.9. The van der Waals surface area contributed by atoms with Crippen LogP contribution in [-0.4, -0.2) is 44.5 Å². The second-order valence-corrected chi connectivity index (χ2v) is 4.69. The highest BCUT2D eigenvalue weighted by atomic mass is 16.7. The summed E-state index contributed by atoms with van der Waals surface area (Å²) in [5, 5.41) is 0. The van der Waals surface area contributed by atoms with Crippen molar-refractivity contribution < 1.29 is 9.47 Å². The molecule has 0 heterocycles. The minimum absolute atomic E-state index is 0.429. The van der Waals surface area contributed by atoms with Gasteiger partial charge in [0.15, 0.2) is 0 Å². The molecule has 0 amide bonds. The normalized spacial score (nSPS) is 12.0. The lowest BCUT2D eigenvalue weighted by Crippen LogP contribution is -2.30. The van der Waals surface area contributed by atoms with Gasteiger partial charge >= 0.3 is 0 Å². The summed E-state index contributed by atoms with van der Waals surface area (Å²) in [6.07, 6.45) is 1.11. The molecule has 15 heavy (non-hydrogen) atoms. The lowest BCUT2D eigenvalue weighted by atomic mass is 10.1. The number of hydrogen-bond donors (Lipinski definition) is 0. The summed E-state index contributed by atoms with van der Waals surface area (Å²) in [5.41, 5.74) is 0. The Hall–Kier alpha value is -0.120. The smallest absolute Gasteiger partial charge is 0.146 e. The standard InChI is InChI=1S/C12H27NO2/c1-11(2)6-8-14-10-15-9-7-13(5)12(3)4/h11-12H,6-10H2,1-5H3. The fourth-order valence-electron chi connectivity index (χ4n) is 0.963. The van der Waals surface area contributed by atoms with Gasteiger partial charge in [-0.2, -0.15) is 0 Å². The fourth-order valence-corrected chi connectivity index (χ4v) is 0.963. The van der Waals surface area contributed by atoms with Crippen LogP contribution in [0.2, 0.25) is 0 Å². The highest BCUT2D eigenvalue weighted by Crippen LogP contribution is 1.98. The van der Waals surface area contributed by atoms with Gasteiger partial charge in [-0.15, -0.1) is 0 Å². The van der Waals surface area contributed by atoms with Crippen molar-refractivity contribution in [1.82, 2.24) is 4.90 Å². The van der Waals surface area contributed by atoms with Gasteiger partial charge in [0.2, 0.25) is 0 Å². The van der Waals surface area contributed by atoms with E-state index in [1.165, 1.54) is 0 Å². The van der Waals surface area contributed by atoms with Gasteiger partial charge in [-0.1, -0.05) is 13.8 Å². The molecule has 0 spiro atoms. The Kier molecular flexibility index (Phi) is 9.06. The predicted octanol–water partition coefficient (Wildman–Crippen LogP) is 2.36. The zero-order valence-electron chi connectivity index (χ0n) is 11.0. The first-order valence-electron chi connectivity index (χ1n) is 5.89. The summed E-state index contributed by atoms with van der Waals surface area (Å²) in [6.45, 7) is 11.7. The van der Waals surface area contributed by atoms with Crippen molar-refractivity contribution in [3.8, 4) is 0 Å². The van der Waals surface area contributed by atoms with Crippen molar-refractivity contribution in [2.24, 2.45) is 5.92 Å². The molecule has 0 saturated heterocycles. The largest absolute Gasteiger partial charge is 0.355 e. The van der Waals surface area contributed by atoms with Gasteiger partial charge in [-0.25, -0.2) is 0 Å². The third-order valence-electron chi connectivity index (χ3n) is 2.48. The molecule has 0 rings (SSSR count).